The monoisotopic (exact) mass is 335 g/mol. The highest BCUT2D eigenvalue weighted by Gasteiger charge is 2.37. The van der Waals surface area contributed by atoms with Gasteiger partial charge in [-0.3, -0.25) is 19.9 Å². The van der Waals surface area contributed by atoms with E-state index in [9.17, 15) is 10.1 Å². The molecule has 1 aromatic rings. The Morgan fingerprint density at radius 3 is 2.58 bits per heavy atom. The first kappa shape index (κ1) is 17.0. The summed E-state index contributed by atoms with van der Waals surface area (Å²) in [7, 11) is 3.04. The molecule has 0 saturated carbocycles. The molecule has 0 bridgehead atoms. The van der Waals surface area contributed by atoms with Gasteiger partial charge in [0.25, 0.3) is 5.69 Å². The van der Waals surface area contributed by atoms with Crippen molar-refractivity contribution in [1.82, 2.24) is 9.80 Å². The molecule has 7 nitrogen and oxygen atoms in total. The van der Waals surface area contributed by atoms with Crippen LogP contribution in [-0.4, -0.2) is 60.7 Å². The number of benzene rings is 1. The van der Waals surface area contributed by atoms with Gasteiger partial charge < -0.3 is 9.47 Å². The van der Waals surface area contributed by atoms with Crippen molar-refractivity contribution >= 4 is 5.69 Å². The molecule has 2 heterocycles. The summed E-state index contributed by atoms with van der Waals surface area (Å²) in [6.07, 6.45) is 2.46. The first-order chi connectivity index (χ1) is 11.5. The zero-order valence-corrected chi connectivity index (χ0v) is 14.5. The summed E-state index contributed by atoms with van der Waals surface area (Å²) in [5.74, 6) is 0.923. The van der Waals surface area contributed by atoms with Gasteiger partial charge in [0, 0.05) is 37.3 Å². The Labute approximate surface area is 142 Å². The number of nitro groups is 1. The lowest BCUT2D eigenvalue weighted by Crippen LogP contribution is -2.55. The highest BCUT2D eigenvalue weighted by molar-refractivity contribution is 5.54. The number of fused-ring (bicyclic) bond motifs is 1. The van der Waals surface area contributed by atoms with E-state index in [0.717, 1.165) is 13.1 Å². The summed E-state index contributed by atoms with van der Waals surface area (Å²) < 4.78 is 10.5. The van der Waals surface area contributed by atoms with Crippen LogP contribution in [0, 0.1) is 10.1 Å². The highest BCUT2D eigenvalue weighted by atomic mass is 16.6. The topological polar surface area (TPSA) is 68.1 Å². The van der Waals surface area contributed by atoms with Crippen LogP contribution in [-0.2, 0) is 6.54 Å². The standard InChI is InChI=1S/C17H25N3O4/c1-12-14-5-4-6-18(14)7-8-19(12)11-13-9-16(23-2)17(24-3)10-15(13)20(21)22/h9-10,12,14H,4-8,11H2,1-3H3/t12-,14-/m1/s1. The molecule has 0 radical (unpaired) electrons. The first-order valence-electron chi connectivity index (χ1n) is 8.42. The van der Waals surface area contributed by atoms with Crippen LogP contribution in [0.5, 0.6) is 11.5 Å². The van der Waals surface area contributed by atoms with Crippen molar-refractivity contribution < 1.29 is 14.4 Å². The summed E-state index contributed by atoms with van der Waals surface area (Å²) >= 11 is 0. The molecule has 2 fully saturated rings. The minimum absolute atomic E-state index is 0.0914. The van der Waals surface area contributed by atoms with E-state index in [1.54, 1.807) is 13.2 Å². The van der Waals surface area contributed by atoms with Crippen LogP contribution < -0.4 is 9.47 Å². The van der Waals surface area contributed by atoms with Gasteiger partial charge in [0.15, 0.2) is 11.5 Å². The summed E-state index contributed by atoms with van der Waals surface area (Å²) in [5.41, 5.74) is 0.768. The average molecular weight is 335 g/mol. The molecule has 2 atom stereocenters. The van der Waals surface area contributed by atoms with E-state index in [2.05, 4.69) is 16.7 Å². The van der Waals surface area contributed by atoms with E-state index in [0.29, 0.717) is 35.7 Å². The van der Waals surface area contributed by atoms with Gasteiger partial charge in [-0.15, -0.1) is 0 Å². The number of piperazine rings is 1. The molecule has 1 aromatic carbocycles. The Morgan fingerprint density at radius 1 is 1.21 bits per heavy atom. The van der Waals surface area contributed by atoms with Crippen LogP contribution in [0.2, 0.25) is 0 Å². The molecule has 3 rings (SSSR count). The number of hydrogen-bond acceptors (Lipinski definition) is 6. The number of hydrogen-bond donors (Lipinski definition) is 0. The quantitative estimate of drug-likeness (QED) is 0.607. The number of ether oxygens (including phenoxy) is 2. The maximum Gasteiger partial charge on any atom is 0.277 e. The predicted octanol–water partition coefficient (Wildman–Crippen LogP) is 2.28. The molecule has 0 unspecified atom stereocenters. The number of methoxy groups -OCH3 is 2. The van der Waals surface area contributed by atoms with E-state index in [1.807, 2.05) is 0 Å². The third-order valence-electron chi connectivity index (χ3n) is 5.38. The molecule has 0 spiro atoms. The summed E-state index contributed by atoms with van der Waals surface area (Å²) in [4.78, 5) is 16.0. The van der Waals surface area contributed by atoms with Gasteiger partial charge in [0.05, 0.1) is 25.2 Å². The van der Waals surface area contributed by atoms with Crippen molar-refractivity contribution in [3.8, 4) is 11.5 Å². The summed E-state index contributed by atoms with van der Waals surface area (Å²) in [5, 5.41) is 11.5. The van der Waals surface area contributed by atoms with Crippen LogP contribution in [0.4, 0.5) is 5.69 Å². The maximum atomic E-state index is 11.5. The van der Waals surface area contributed by atoms with Crippen LogP contribution in [0.15, 0.2) is 12.1 Å². The van der Waals surface area contributed by atoms with E-state index < -0.39 is 0 Å². The highest BCUT2D eigenvalue weighted by Crippen LogP contribution is 2.36. The van der Waals surface area contributed by atoms with E-state index >= 15 is 0 Å². The van der Waals surface area contributed by atoms with Crippen LogP contribution in [0.3, 0.4) is 0 Å². The lowest BCUT2D eigenvalue weighted by Gasteiger charge is -2.43. The third-order valence-corrected chi connectivity index (χ3v) is 5.38. The van der Waals surface area contributed by atoms with Crippen LogP contribution in [0.25, 0.3) is 0 Å². The van der Waals surface area contributed by atoms with Gasteiger partial charge in [0.1, 0.15) is 0 Å². The fraction of sp³-hybridized carbons (Fsp3) is 0.647. The average Bonchev–Trinajstić information content (AvgIpc) is 3.06. The number of rotatable bonds is 5. The SMILES string of the molecule is COc1cc(CN2CCN3CCC[C@@H]3[C@H]2C)c([N+](=O)[O-])cc1OC. The Bertz CT molecular complexity index is 622. The van der Waals surface area contributed by atoms with Gasteiger partial charge in [0.2, 0.25) is 0 Å². The summed E-state index contributed by atoms with van der Waals surface area (Å²) in [6.45, 7) is 5.94. The Kier molecular flexibility index (Phi) is 4.91. The fourth-order valence-electron chi connectivity index (χ4n) is 4.03. The number of nitro benzene ring substituents is 1. The molecule has 2 saturated heterocycles. The van der Waals surface area contributed by atoms with Crippen molar-refractivity contribution in [3.05, 3.63) is 27.8 Å². The molecule has 7 heteroatoms. The van der Waals surface area contributed by atoms with Crippen molar-refractivity contribution in [2.45, 2.75) is 38.4 Å². The second-order valence-corrected chi connectivity index (χ2v) is 6.55. The van der Waals surface area contributed by atoms with Gasteiger partial charge in [-0.2, -0.15) is 0 Å². The molecule has 0 N–H and O–H groups in total. The summed E-state index contributed by atoms with van der Waals surface area (Å²) in [6, 6.07) is 4.17. The molecule has 2 aliphatic rings. The smallest absolute Gasteiger partial charge is 0.277 e. The normalized spacial score (nSPS) is 24.6. The minimum Gasteiger partial charge on any atom is -0.493 e. The largest absolute Gasteiger partial charge is 0.493 e. The lowest BCUT2D eigenvalue weighted by atomic mass is 10.0. The first-order valence-corrected chi connectivity index (χ1v) is 8.42. The second-order valence-electron chi connectivity index (χ2n) is 6.55. The van der Waals surface area contributed by atoms with E-state index in [1.165, 1.54) is 32.6 Å². The number of nitrogens with zero attached hydrogens (tertiary/aromatic N) is 3. The van der Waals surface area contributed by atoms with Crippen molar-refractivity contribution in [2.24, 2.45) is 0 Å². The van der Waals surface area contributed by atoms with E-state index in [4.69, 9.17) is 9.47 Å². The van der Waals surface area contributed by atoms with Crippen molar-refractivity contribution in [2.75, 3.05) is 33.9 Å². The maximum absolute atomic E-state index is 11.5. The van der Waals surface area contributed by atoms with Crippen LogP contribution >= 0.6 is 0 Å². The lowest BCUT2D eigenvalue weighted by molar-refractivity contribution is -0.385. The fourth-order valence-corrected chi connectivity index (χ4v) is 4.03. The van der Waals surface area contributed by atoms with Gasteiger partial charge in [-0.05, 0) is 32.4 Å². The molecule has 132 valence electrons. The van der Waals surface area contributed by atoms with Gasteiger partial charge in [-0.1, -0.05) is 0 Å². The predicted molar refractivity (Wildman–Crippen MR) is 90.7 cm³/mol. The molecule has 0 aliphatic carbocycles. The molecular weight excluding hydrogens is 310 g/mol. The minimum atomic E-state index is -0.340. The second kappa shape index (κ2) is 6.94. The molecular formula is C17H25N3O4. The molecule has 0 amide bonds. The Hall–Kier alpha value is -1.86. The zero-order chi connectivity index (χ0) is 17.3. The van der Waals surface area contributed by atoms with Gasteiger partial charge in [-0.25, -0.2) is 0 Å². The Balaban J connectivity index is 1.87. The third kappa shape index (κ3) is 3.06. The van der Waals surface area contributed by atoms with Gasteiger partial charge >= 0.3 is 0 Å². The molecule has 2 aliphatic heterocycles. The van der Waals surface area contributed by atoms with E-state index in [-0.39, 0.29) is 10.6 Å². The Morgan fingerprint density at radius 2 is 1.92 bits per heavy atom. The van der Waals surface area contributed by atoms with Crippen LogP contribution in [0.1, 0.15) is 25.3 Å². The molecule has 24 heavy (non-hydrogen) atoms. The van der Waals surface area contributed by atoms with Crippen molar-refractivity contribution in [1.29, 1.82) is 0 Å². The van der Waals surface area contributed by atoms with Crippen molar-refractivity contribution in [3.63, 3.8) is 0 Å². The molecule has 0 aromatic heterocycles. The zero-order valence-electron chi connectivity index (χ0n) is 14.5.